The molecule has 0 radical (unpaired) electrons. The summed E-state index contributed by atoms with van der Waals surface area (Å²) in [4.78, 5) is -0.375. The summed E-state index contributed by atoms with van der Waals surface area (Å²) in [6, 6.07) is 14.5. The first-order chi connectivity index (χ1) is 12.2. The Labute approximate surface area is 155 Å². The summed E-state index contributed by atoms with van der Waals surface area (Å²) >= 11 is 5.87. The van der Waals surface area contributed by atoms with E-state index < -0.39 is 10.1 Å². The fraction of sp³-hybridized carbons (Fsp3) is 0.0556. The summed E-state index contributed by atoms with van der Waals surface area (Å²) in [7, 11) is -4.41. The van der Waals surface area contributed by atoms with Crippen molar-refractivity contribution in [3.05, 3.63) is 65.2 Å². The van der Waals surface area contributed by atoms with E-state index in [9.17, 15) is 18.1 Å². The molecule has 0 spiro atoms. The average molecular weight is 391 g/mol. The van der Waals surface area contributed by atoms with Gasteiger partial charge in [-0.1, -0.05) is 23.7 Å². The predicted molar refractivity (Wildman–Crippen MR) is 103 cm³/mol. The van der Waals surface area contributed by atoms with Crippen LogP contribution in [0, 0.1) is 0 Å². The third-order valence-electron chi connectivity index (χ3n) is 3.82. The summed E-state index contributed by atoms with van der Waals surface area (Å²) < 4.78 is 31.8. The van der Waals surface area contributed by atoms with Gasteiger partial charge in [0.25, 0.3) is 10.1 Å². The lowest BCUT2D eigenvalue weighted by Gasteiger charge is -2.08. The maximum absolute atomic E-state index is 11.3. The standard InChI is InChI=1S/C18H15ClN2O4S/c1-11(12-2-4-14(19)5-3-12)20-21-15-6-7-17-13(8-15)9-16(10-18(17)22)26(23,24)25/h2-10,21-22H,1H3,(H,23,24,25)/b20-11-. The maximum Gasteiger partial charge on any atom is 0.294 e. The Bertz CT molecular complexity index is 1110. The number of nitrogens with zero attached hydrogens (tertiary/aromatic N) is 1. The van der Waals surface area contributed by atoms with E-state index in [0.717, 1.165) is 17.3 Å². The van der Waals surface area contributed by atoms with Crippen molar-refractivity contribution in [3.8, 4) is 5.75 Å². The van der Waals surface area contributed by atoms with Gasteiger partial charge in [0, 0.05) is 16.5 Å². The molecule has 0 unspecified atom stereocenters. The van der Waals surface area contributed by atoms with Crippen LogP contribution in [0.2, 0.25) is 5.02 Å². The Balaban J connectivity index is 1.93. The predicted octanol–water partition coefficient (Wildman–Crippen LogP) is 4.28. The van der Waals surface area contributed by atoms with Gasteiger partial charge in [0.05, 0.1) is 16.3 Å². The van der Waals surface area contributed by atoms with Crippen molar-refractivity contribution in [2.75, 3.05) is 5.43 Å². The van der Waals surface area contributed by atoms with E-state index >= 15 is 0 Å². The molecular weight excluding hydrogens is 376 g/mol. The van der Waals surface area contributed by atoms with E-state index in [1.165, 1.54) is 6.07 Å². The number of phenolic OH excluding ortho intramolecular Hbond substituents is 1. The van der Waals surface area contributed by atoms with Crippen LogP contribution in [0.1, 0.15) is 12.5 Å². The fourth-order valence-corrected chi connectivity index (χ4v) is 3.11. The highest BCUT2D eigenvalue weighted by molar-refractivity contribution is 7.85. The maximum atomic E-state index is 11.3. The third kappa shape index (κ3) is 3.96. The zero-order valence-corrected chi connectivity index (χ0v) is 15.2. The van der Waals surface area contributed by atoms with E-state index in [1.54, 1.807) is 30.3 Å². The number of fused-ring (bicyclic) bond motifs is 1. The smallest absolute Gasteiger partial charge is 0.294 e. The van der Waals surface area contributed by atoms with Crippen molar-refractivity contribution in [1.82, 2.24) is 0 Å². The second kappa shape index (κ2) is 6.95. The molecule has 0 aliphatic carbocycles. The number of hydrogen-bond donors (Lipinski definition) is 3. The lowest BCUT2D eigenvalue weighted by molar-refractivity contribution is 0.471. The number of hydrogen-bond acceptors (Lipinski definition) is 5. The van der Waals surface area contributed by atoms with Crippen LogP contribution in [0.4, 0.5) is 5.69 Å². The zero-order chi connectivity index (χ0) is 18.9. The molecule has 3 rings (SSSR count). The van der Waals surface area contributed by atoms with Crippen LogP contribution in [0.15, 0.2) is 64.6 Å². The number of halogens is 1. The Morgan fingerprint density at radius 3 is 2.42 bits per heavy atom. The number of benzene rings is 3. The van der Waals surface area contributed by atoms with Gasteiger partial charge in [0.2, 0.25) is 0 Å². The van der Waals surface area contributed by atoms with Crippen molar-refractivity contribution in [2.24, 2.45) is 5.10 Å². The summed E-state index contributed by atoms with van der Waals surface area (Å²) in [5, 5.41) is 15.8. The van der Waals surface area contributed by atoms with Gasteiger partial charge >= 0.3 is 0 Å². The van der Waals surface area contributed by atoms with Gasteiger partial charge in [-0.15, -0.1) is 0 Å². The molecule has 0 saturated heterocycles. The van der Waals surface area contributed by atoms with E-state index in [2.05, 4.69) is 10.5 Å². The first kappa shape index (κ1) is 18.2. The monoisotopic (exact) mass is 390 g/mol. The molecule has 0 atom stereocenters. The van der Waals surface area contributed by atoms with E-state index in [1.807, 2.05) is 19.1 Å². The summed E-state index contributed by atoms with van der Waals surface area (Å²) in [6.07, 6.45) is 0. The van der Waals surface area contributed by atoms with Gasteiger partial charge < -0.3 is 5.11 Å². The Hall–Kier alpha value is -2.61. The van der Waals surface area contributed by atoms with Crippen molar-refractivity contribution in [3.63, 3.8) is 0 Å². The summed E-state index contributed by atoms with van der Waals surface area (Å²) in [5.74, 6) is -0.234. The summed E-state index contributed by atoms with van der Waals surface area (Å²) in [5.41, 5.74) is 5.11. The molecule has 0 aliphatic rings. The highest BCUT2D eigenvalue weighted by atomic mass is 35.5. The van der Waals surface area contributed by atoms with Crippen LogP contribution in [-0.2, 0) is 10.1 Å². The van der Waals surface area contributed by atoms with Crippen molar-refractivity contribution in [2.45, 2.75) is 11.8 Å². The van der Waals surface area contributed by atoms with Crippen molar-refractivity contribution >= 4 is 43.9 Å². The Morgan fingerprint density at radius 1 is 1.08 bits per heavy atom. The second-order valence-corrected chi connectivity index (χ2v) is 7.53. The average Bonchev–Trinajstić information content (AvgIpc) is 2.59. The van der Waals surface area contributed by atoms with Gasteiger partial charge in [0.15, 0.2) is 0 Å². The van der Waals surface area contributed by atoms with Crippen LogP contribution < -0.4 is 5.43 Å². The molecule has 3 N–H and O–H groups in total. The van der Waals surface area contributed by atoms with E-state index in [0.29, 0.717) is 21.5 Å². The summed E-state index contributed by atoms with van der Waals surface area (Å²) in [6.45, 7) is 1.83. The van der Waals surface area contributed by atoms with Crippen LogP contribution in [0.5, 0.6) is 5.75 Å². The van der Waals surface area contributed by atoms with Gasteiger partial charge in [-0.3, -0.25) is 9.98 Å². The number of aromatic hydroxyl groups is 1. The number of phenols is 1. The molecule has 3 aromatic carbocycles. The largest absolute Gasteiger partial charge is 0.507 e. The molecule has 0 heterocycles. The third-order valence-corrected chi connectivity index (χ3v) is 4.90. The van der Waals surface area contributed by atoms with Crippen LogP contribution in [0.25, 0.3) is 10.8 Å². The zero-order valence-electron chi connectivity index (χ0n) is 13.6. The molecule has 0 aromatic heterocycles. The molecule has 26 heavy (non-hydrogen) atoms. The Morgan fingerprint density at radius 2 is 1.77 bits per heavy atom. The van der Waals surface area contributed by atoms with Crippen LogP contribution in [0.3, 0.4) is 0 Å². The molecule has 0 saturated carbocycles. The molecule has 0 amide bonds. The normalized spacial score (nSPS) is 12.3. The fourth-order valence-electron chi connectivity index (χ4n) is 2.45. The molecule has 0 bridgehead atoms. The quantitative estimate of drug-likeness (QED) is 0.351. The lowest BCUT2D eigenvalue weighted by Crippen LogP contribution is -2.00. The Kier molecular flexibility index (Phi) is 4.86. The van der Waals surface area contributed by atoms with Crippen molar-refractivity contribution in [1.29, 1.82) is 0 Å². The minimum atomic E-state index is -4.41. The molecule has 6 nitrogen and oxygen atoms in total. The number of rotatable bonds is 4. The topological polar surface area (TPSA) is 99.0 Å². The highest BCUT2D eigenvalue weighted by Gasteiger charge is 2.13. The van der Waals surface area contributed by atoms with Crippen LogP contribution >= 0.6 is 11.6 Å². The van der Waals surface area contributed by atoms with Crippen molar-refractivity contribution < 1.29 is 18.1 Å². The molecule has 8 heteroatoms. The highest BCUT2D eigenvalue weighted by Crippen LogP contribution is 2.30. The minimum absolute atomic E-state index is 0.234. The molecule has 0 aliphatic heterocycles. The first-order valence-electron chi connectivity index (χ1n) is 7.54. The molecule has 0 fully saturated rings. The molecule has 3 aromatic rings. The molecular formula is C18H15ClN2O4S. The molecule has 134 valence electrons. The SMILES string of the molecule is C/C(=N/Nc1ccc2c(O)cc(S(=O)(=O)O)cc2c1)c1ccc(Cl)cc1. The second-order valence-electron chi connectivity index (χ2n) is 5.67. The van der Waals surface area contributed by atoms with Gasteiger partial charge in [-0.2, -0.15) is 13.5 Å². The minimum Gasteiger partial charge on any atom is -0.507 e. The van der Waals surface area contributed by atoms with E-state index in [4.69, 9.17) is 11.6 Å². The first-order valence-corrected chi connectivity index (χ1v) is 9.36. The number of anilines is 1. The van der Waals surface area contributed by atoms with Gasteiger partial charge in [-0.25, -0.2) is 0 Å². The van der Waals surface area contributed by atoms with Gasteiger partial charge in [0.1, 0.15) is 5.75 Å². The number of nitrogens with one attached hydrogen (secondary N) is 1. The van der Waals surface area contributed by atoms with E-state index in [-0.39, 0.29) is 10.6 Å². The number of hydrazone groups is 1. The van der Waals surface area contributed by atoms with Gasteiger partial charge in [-0.05, 0) is 54.3 Å². The lowest BCUT2D eigenvalue weighted by atomic mass is 10.1. The van der Waals surface area contributed by atoms with Crippen LogP contribution in [-0.4, -0.2) is 23.8 Å².